The van der Waals surface area contributed by atoms with Gasteiger partial charge >= 0.3 is 0 Å². The molecule has 7 heteroatoms. The Bertz CT molecular complexity index is 944. The number of halogens is 1. The lowest BCUT2D eigenvalue weighted by atomic mass is 10.1. The van der Waals surface area contributed by atoms with E-state index >= 15 is 0 Å². The number of benzene rings is 1. The van der Waals surface area contributed by atoms with E-state index in [-0.39, 0.29) is 0 Å². The molecule has 0 saturated heterocycles. The predicted octanol–water partition coefficient (Wildman–Crippen LogP) is 4.48. The first-order valence-corrected chi connectivity index (χ1v) is 9.20. The summed E-state index contributed by atoms with van der Waals surface area (Å²) in [4.78, 5) is 13.3. The summed E-state index contributed by atoms with van der Waals surface area (Å²) in [6, 6.07) is 12.1. The second-order valence-corrected chi connectivity index (χ2v) is 7.13. The van der Waals surface area contributed by atoms with Crippen molar-refractivity contribution in [1.82, 2.24) is 15.0 Å². The number of nitrogens with zero attached hydrogens (tertiary/aromatic N) is 4. The molecule has 25 heavy (non-hydrogen) atoms. The van der Waals surface area contributed by atoms with E-state index in [4.69, 9.17) is 11.6 Å². The van der Waals surface area contributed by atoms with Crippen LogP contribution in [0.1, 0.15) is 29.5 Å². The van der Waals surface area contributed by atoms with Gasteiger partial charge in [-0.1, -0.05) is 29.8 Å². The summed E-state index contributed by atoms with van der Waals surface area (Å²) in [6.45, 7) is 0. The number of rotatable bonds is 5. The van der Waals surface area contributed by atoms with Crippen molar-refractivity contribution in [3.63, 3.8) is 0 Å². The van der Waals surface area contributed by atoms with Crippen LogP contribution in [0, 0.1) is 11.3 Å². The largest absolute Gasteiger partial charge is 0.351 e. The maximum Gasteiger partial charge on any atom is 0.223 e. The van der Waals surface area contributed by atoms with Crippen LogP contribution in [0.25, 0.3) is 11.3 Å². The summed E-state index contributed by atoms with van der Waals surface area (Å²) in [5, 5.41) is 16.2. The van der Waals surface area contributed by atoms with Gasteiger partial charge in [0.25, 0.3) is 0 Å². The quantitative estimate of drug-likeness (QED) is 0.719. The first-order chi connectivity index (χ1) is 12.2. The van der Waals surface area contributed by atoms with Gasteiger partial charge in [0.15, 0.2) is 0 Å². The first-order valence-electron chi connectivity index (χ1n) is 7.94. The fourth-order valence-corrected chi connectivity index (χ4v) is 3.58. The molecule has 1 aliphatic carbocycles. The molecular weight excluding hydrogens is 354 g/mol. The molecule has 2 heterocycles. The Hall–Kier alpha value is -2.49. The molecule has 0 radical (unpaired) electrons. The summed E-state index contributed by atoms with van der Waals surface area (Å²) < 4.78 is 0. The highest BCUT2D eigenvalue weighted by atomic mass is 35.5. The summed E-state index contributed by atoms with van der Waals surface area (Å²) >= 11 is 7.68. The van der Waals surface area contributed by atoms with Crippen LogP contribution in [0.15, 0.2) is 41.9 Å². The predicted molar refractivity (Wildman–Crippen MR) is 98.7 cm³/mol. The van der Waals surface area contributed by atoms with E-state index in [1.807, 2.05) is 29.6 Å². The molecule has 1 N–H and O–H groups in total. The van der Waals surface area contributed by atoms with E-state index in [1.54, 1.807) is 12.3 Å². The summed E-state index contributed by atoms with van der Waals surface area (Å²) in [5.74, 6) is 0.0483. The monoisotopic (exact) mass is 367 g/mol. The molecule has 124 valence electrons. The zero-order valence-corrected chi connectivity index (χ0v) is 14.8. The minimum Gasteiger partial charge on any atom is -0.351 e. The van der Waals surface area contributed by atoms with Gasteiger partial charge in [0.05, 0.1) is 17.5 Å². The highest BCUT2D eigenvalue weighted by Crippen LogP contribution is 2.33. The third-order valence-corrected chi connectivity index (χ3v) is 5.17. The number of hydrogen-bond acceptors (Lipinski definition) is 6. The minimum atomic E-state index is -0.524. The van der Waals surface area contributed by atoms with Gasteiger partial charge in [0, 0.05) is 28.2 Å². The standard InChI is InChI=1S/C18H14ClN5S/c19-14-4-2-1-3-12(14)16-10-25-17(23-16)13(9-20)15-7-8-21-18(24-15)22-11-5-6-11/h1-4,7-8,10-11,13H,5-6H2,(H,21,22,24). The van der Waals surface area contributed by atoms with Gasteiger partial charge < -0.3 is 5.32 Å². The average molecular weight is 368 g/mol. The van der Waals surface area contributed by atoms with E-state index in [1.165, 1.54) is 11.3 Å². The summed E-state index contributed by atoms with van der Waals surface area (Å²) in [6.07, 6.45) is 3.96. The number of thiazole rings is 1. The molecule has 1 atom stereocenters. The molecule has 1 aromatic carbocycles. The topological polar surface area (TPSA) is 74.5 Å². The molecule has 3 aromatic rings. The summed E-state index contributed by atoms with van der Waals surface area (Å²) in [7, 11) is 0. The van der Waals surface area contributed by atoms with Gasteiger partial charge in [-0.2, -0.15) is 5.26 Å². The van der Waals surface area contributed by atoms with Crippen molar-refractivity contribution in [3.8, 4) is 17.3 Å². The van der Waals surface area contributed by atoms with E-state index in [0.29, 0.717) is 27.7 Å². The highest BCUT2D eigenvalue weighted by molar-refractivity contribution is 7.10. The minimum absolute atomic E-state index is 0.461. The Morgan fingerprint density at radius 1 is 1.24 bits per heavy atom. The normalized spacial score (nSPS) is 14.7. The zero-order chi connectivity index (χ0) is 17.2. The number of aromatic nitrogens is 3. The molecule has 1 unspecified atom stereocenters. The van der Waals surface area contributed by atoms with Gasteiger partial charge in [-0.15, -0.1) is 11.3 Å². The third kappa shape index (κ3) is 3.48. The molecule has 0 spiro atoms. The average Bonchev–Trinajstić information content (AvgIpc) is 3.31. The second kappa shape index (κ2) is 6.79. The van der Waals surface area contributed by atoms with Crippen LogP contribution in [0.2, 0.25) is 5.02 Å². The van der Waals surface area contributed by atoms with Crippen LogP contribution in [-0.2, 0) is 0 Å². The Morgan fingerprint density at radius 3 is 2.84 bits per heavy atom. The van der Waals surface area contributed by atoms with E-state index in [0.717, 1.165) is 24.1 Å². The van der Waals surface area contributed by atoms with E-state index < -0.39 is 5.92 Å². The van der Waals surface area contributed by atoms with E-state index in [9.17, 15) is 5.26 Å². The van der Waals surface area contributed by atoms with Crippen LogP contribution in [-0.4, -0.2) is 21.0 Å². The Balaban J connectivity index is 1.64. The second-order valence-electron chi connectivity index (χ2n) is 5.84. The fourth-order valence-electron chi connectivity index (χ4n) is 2.47. The molecule has 0 amide bonds. The van der Waals surface area contributed by atoms with Crippen molar-refractivity contribution < 1.29 is 0 Å². The molecule has 0 aliphatic heterocycles. The van der Waals surface area contributed by atoms with Crippen molar-refractivity contribution in [2.75, 3.05) is 5.32 Å². The molecule has 4 rings (SSSR count). The number of hydrogen-bond donors (Lipinski definition) is 1. The number of nitrogens with one attached hydrogen (secondary N) is 1. The van der Waals surface area contributed by atoms with Crippen LogP contribution in [0.3, 0.4) is 0 Å². The molecule has 5 nitrogen and oxygen atoms in total. The maximum atomic E-state index is 9.66. The number of anilines is 1. The van der Waals surface area contributed by atoms with E-state index in [2.05, 4.69) is 26.3 Å². The highest BCUT2D eigenvalue weighted by Gasteiger charge is 2.24. The van der Waals surface area contributed by atoms with Crippen LogP contribution < -0.4 is 5.32 Å². The van der Waals surface area contributed by atoms with Gasteiger partial charge in [0.2, 0.25) is 5.95 Å². The molecule has 1 fully saturated rings. The van der Waals surface area contributed by atoms with Crippen molar-refractivity contribution in [3.05, 3.63) is 57.6 Å². The van der Waals surface area contributed by atoms with Gasteiger partial charge in [-0.3, -0.25) is 0 Å². The number of nitriles is 1. The smallest absolute Gasteiger partial charge is 0.223 e. The lowest BCUT2D eigenvalue weighted by Crippen LogP contribution is -2.08. The molecule has 1 aliphatic rings. The van der Waals surface area contributed by atoms with Gasteiger partial charge in [-0.25, -0.2) is 15.0 Å². The van der Waals surface area contributed by atoms with Gasteiger partial charge in [0.1, 0.15) is 10.9 Å². The van der Waals surface area contributed by atoms with Crippen molar-refractivity contribution >= 4 is 28.9 Å². The molecular formula is C18H14ClN5S. The molecule has 2 aromatic heterocycles. The van der Waals surface area contributed by atoms with Crippen LogP contribution >= 0.6 is 22.9 Å². The van der Waals surface area contributed by atoms with Crippen LogP contribution in [0.5, 0.6) is 0 Å². The molecule has 0 bridgehead atoms. The van der Waals surface area contributed by atoms with Crippen molar-refractivity contribution in [2.24, 2.45) is 0 Å². The Kier molecular flexibility index (Phi) is 4.35. The first kappa shape index (κ1) is 16.0. The fraction of sp³-hybridized carbons (Fsp3) is 0.222. The summed E-state index contributed by atoms with van der Waals surface area (Å²) in [5.41, 5.74) is 2.29. The third-order valence-electron chi connectivity index (χ3n) is 3.93. The van der Waals surface area contributed by atoms with Gasteiger partial charge in [-0.05, 0) is 25.0 Å². The van der Waals surface area contributed by atoms with Crippen molar-refractivity contribution in [1.29, 1.82) is 5.26 Å². The lowest BCUT2D eigenvalue weighted by Gasteiger charge is -2.08. The Labute approximate surface area is 154 Å². The van der Waals surface area contributed by atoms with Crippen molar-refractivity contribution in [2.45, 2.75) is 24.8 Å². The maximum absolute atomic E-state index is 9.66. The SMILES string of the molecule is N#CC(c1ccnc(NC2CC2)n1)c1nc(-c2ccccc2Cl)cs1. The lowest BCUT2D eigenvalue weighted by molar-refractivity contribution is 0.922. The molecule has 1 saturated carbocycles. The zero-order valence-electron chi connectivity index (χ0n) is 13.2. The Morgan fingerprint density at radius 2 is 2.08 bits per heavy atom. The van der Waals surface area contributed by atoms with Crippen LogP contribution in [0.4, 0.5) is 5.95 Å².